The predicted octanol–water partition coefficient (Wildman–Crippen LogP) is 1.29. The molecule has 17 heavy (non-hydrogen) atoms. The minimum absolute atomic E-state index is 0.226. The molecule has 2 rings (SSSR count). The number of amides is 1. The first kappa shape index (κ1) is 12.8. The molecule has 1 saturated carbocycles. The van der Waals surface area contributed by atoms with Crippen LogP contribution in [0.1, 0.15) is 45.4 Å². The molecule has 98 valence electrons. The van der Waals surface area contributed by atoms with Gasteiger partial charge in [0.2, 0.25) is 5.91 Å². The Kier molecular flexibility index (Phi) is 4.05. The average Bonchev–Trinajstić information content (AvgIpc) is 2.75. The summed E-state index contributed by atoms with van der Waals surface area (Å²) in [7, 11) is 0. The number of carbonyl (C=O) groups is 1. The first-order valence-corrected chi connectivity index (χ1v) is 6.81. The smallest absolute Gasteiger partial charge is 0.224 e. The number of morpholine rings is 1. The van der Waals surface area contributed by atoms with Crippen molar-refractivity contribution in [2.75, 3.05) is 19.8 Å². The van der Waals surface area contributed by atoms with Crippen LogP contribution in [0.4, 0.5) is 0 Å². The molecule has 2 N–H and O–H groups in total. The Hall–Kier alpha value is -0.610. The SMILES string of the molecule is CCC1COCCN1C(=O)CC1(N)CCCC1. The van der Waals surface area contributed by atoms with Crippen molar-refractivity contribution >= 4 is 5.91 Å². The van der Waals surface area contributed by atoms with E-state index in [0.717, 1.165) is 25.8 Å². The summed E-state index contributed by atoms with van der Waals surface area (Å²) in [4.78, 5) is 14.3. The van der Waals surface area contributed by atoms with Crippen LogP contribution >= 0.6 is 0 Å². The molecule has 2 aliphatic rings. The third-order valence-electron chi connectivity index (χ3n) is 4.12. The van der Waals surface area contributed by atoms with Crippen molar-refractivity contribution < 1.29 is 9.53 Å². The molecule has 1 saturated heterocycles. The summed E-state index contributed by atoms with van der Waals surface area (Å²) < 4.78 is 5.42. The minimum atomic E-state index is -0.228. The Morgan fingerprint density at radius 2 is 2.18 bits per heavy atom. The molecule has 0 spiro atoms. The number of ether oxygens (including phenoxy) is 1. The number of hydrogen-bond acceptors (Lipinski definition) is 3. The van der Waals surface area contributed by atoms with Crippen molar-refractivity contribution in [1.82, 2.24) is 4.90 Å². The van der Waals surface area contributed by atoms with Crippen molar-refractivity contribution in [3.63, 3.8) is 0 Å². The van der Waals surface area contributed by atoms with Crippen LogP contribution in [-0.2, 0) is 9.53 Å². The van der Waals surface area contributed by atoms with Crippen molar-refractivity contribution in [2.45, 2.75) is 57.0 Å². The van der Waals surface area contributed by atoms with Crippen molar-refractivity contribution in [1.29, 1.82) is 0 Å². The van der Waals surface area contributed by atoms with Gasteiger partial charge in [-0.1, -0.05) is 19.8 Å². The monoisotopic (exact) mass is 240 g/mol. The van der Waals surface area contributed by atoms with Crippen molar-refractivity contribution in [3.05, 3.63) is 0 Å². The van der Waals surface area contributed by atoms with Gasteiger partial charge in [-0.05, 0) is 19.3 Å². The van der Waals surface area contributed by atoms with Crippen molar-refractivity contribution in [3.8, 4) is 0 Å². The lowest BCUT2D eigenvalue weighted by Gasteiger charge is -2.37. The minimum Gasteiger partial charge on any atom is -0.377 e. The molecule has 0 aromatic carbocycles. The Labute approximate surface area is 103 Å². The lowest BCUT2D eigenvalue weighted by molar-refractivity contribution is -0.141. The number of nitrogens with zero attached hydrogens (tertiary/aromatic N) is 1. The highest BCUT2D eigenvalue weighted by Gasteiger charge is 2.35. The highest BCUT2D eigenvalue weighted by Crippen LogP contribution is 2.31. The summed E-state index contributed by atoms with van der Waals surface area (Å²) in [5.41, 5.74) is 6.05. The van der Waals surface area contributed by atoms with Crippen LogP contribution in [0.2, 0.25) is 0 Å². The second kappa shape index (κ2) is 5.36. The van der Waals surface area contributed by atoms with Gasteiger partial charge in [0.15, 0.2) is 0 Å². The predicted molar refractivity (Wildman–Crippen MR) is 66.6 cm³/mol. The molecule has 0 aromatic heterocycles. The van der Waals surface area contributed by atoms with Gasteiger partial charge < -0.3 is 15.4 Å². The lowest BCUT2D eigenvalue weighted by Crippen LogP contribution is -2.51. The van der Waals surface area contributed by atoms with Gasteiger partial charge in [0.05, 0.1) is 19.3 Å². The zero-order valence-corrected chi connectivity index (χ0v) is 10.8. The number of hydrogen-bond donors (Lipinski definition) is 1. The summed E-state index contributed by atoms with van der Waals surface area (Å²) in [6, 6.07) is 0.251. The number of rotatable bonds is 3. The molecule has 0 radical (unpaired) electrons. The Balaban J connectivity index is 1.93. The lowest BCUT2D eigenvalue weighted by atomic mass is 9.93. The summed E-state index contributed by atoms with van der Waals surface area (Å²) in [6.45, 7) is 4.18. The first-order valence-electron chi connectivity index (χ1n) is 6.81. The van der Waals surface area contributed by atoms with Gasteiger partial charge in [-0.2, -0.15) is 0 Å². The maximum atomic E-state index is 12.3. The van der Waals surface area contributed by atoms with E-state index < -0.39 is 0 Å². The van der Waals surface area contributed by atoms with E-state index in [2.05, 4.69) is 6.92 Å². The van der Waals surface area contributed by atoms with E-state index >= 15 is 0 Å². The highest BCUT2D eigenvalue weighted by molar-refractivity contribution is 5.78. The topological polar surface area (TPSA) is 55.6 Å². The van der Waals surface area contributed by atoms with Gasteiger partial charge in [0.1, 0.15) is 0 Å². The van der Waals surface area contributed by atoms with E-state index in [1.807, 2.05) is 4.90 Å². The van der Waals surface area contributed by atoms with E-state index in [-0.39, 0.29) is 17.5 Å². The molecule has 1 aliphatic heterocycles. The van der Waals surface area contributed by atoms with Gasteiger partial charge in [-0.15, -0.1) is 0 Å². The van der Waals surface area contributed by atoms with Crippen LogP contribution in [0.25, 0.3) is 0 Å². The molecule has 0 aromatic rings. The standard InChI is InChI=1S/C13H24N2O2/c1-2-11-10-17-8-7-15(11)12(16)9-13(14)5-3-4-6-13/h11H,2-10,14H2,1H3. The van der Waals surface area contributed by atoms with Gasteiger partial charge in [0, 0.05) is 18.5 Å². The molecule has 1 atom stereocenters. The normalized spacial score (nSPS) is 28.4. The maximum Gasteiger partial charge on any atom is 0.224 e. The van der Waals surface area contributed by atoms with Gasteiger partial charge in [0.25, 0.3) is 0 Å². The molecule has 1 unspecified atom stereocenters. The van der Waals surface area contributed by atoms with Gasteiger partial charge >= 0.3 is 0 Å². The van der Waals surface area contributed by atoms with E-state index in [1.54, 1.807) is 0 Å². The number of carbonyl (C=O) groups excluding carboxylic acids is 1. The molecule has 1 amide bonds. The van der Waals surface area contributed by atoms with Crippen LogP contribution in [0.3, 0.4) is 0 Å². The van der Waals surface area contributed by atoms with E-state index in [9.17, 15) is 4.79 Å². The zero-order chi connectivity index (χ0) is 12.3. The van der Waals surface area contributed by atoms with Gasteiger partial charge in [-0.3, -0.25) is 4.79 Å². The van der Waals surface area contributed by atoms with E-state index in [4.69, 9.17) is 10.5 Å². The Bertz CT molecular complexity index is 275. The number of nitrogens with two attached hydrogens (primary N) is 1. The molecular weight excluding hydrogens is 216 g/mol. The Morgan fingerprint density at radius 1 is 1.47 bits per heavy atom. The van der Waals surface area contributed by atoms with Crippen LogP contribution in [0, 0.1) is 0 Å². The molecular formula is C13H24N2O2. The van der Waals surface area contributed by atoms with Crippen LogP contribution in [0.5, 0.6) is 0 Å². The van der Waals surface area contributed by atoms with Crippen LogP contribution in [-0.4, -0.2) is 42.1 Å². The third kappa shape index (κ3) is 2.99. The first-order chi connectivity index (χ1) is 8.14. The third-order valence-corrected chi connectivity index (χ3v) is 4.12. The molecule has 0 bridgehead atoms. The molecule has 4 nitrogen and oxygen atoms in total. The molecule has 4 heteroatoms. The largest absolute Gasteiger partial charge is 0.377 e. The van der Waals surface area contributed by atoms with Gasteiger partial charge in [-0.25, -0.2) is 0 Å². The summed E-state index contributed by atoms with van der Waals surface area (Å²) >= 11 is 0. The fourth-order valence-electron chi connectivity index (χ4n) is 2.98. The molecule has 2 fully saturated rings. The Morgan fingerprint density at radius 3 is 2.82 bits per heavy atom. The van der Waals surface area contributed by atoms with Crippen molar-refractivity contribution in [2.24, 2.45) is 5.73 Å². The van der Waals surface area contributed by atoms with E-state index in [0.29, 0.717) is 19.6 Å². The second-order valence-electron chi connectivity index (χ2n) is 5.47. The fourth-order valence-corrected chi connectivity index (χ4v) is 2.98. The average molecular weight is 240 g/mol. The summed E-state index contributed by atoms with van der Waals surface area (Å²) in [5, 5.41) is 0. The zero-order valence-electron chi connectivity index (χ0n) is 10.8. The molecule has 1 heterocycles. The van der Waals surface area contributed by atoms with Crippen LogP contribution < -0.4 is 5.73 Å². The summed E-state index contributed by atoms with van der Waals surface area (Å²) in [5.74, 6) is 0.226. The van der Waals surface area contributed by atoms with E-state index in [1.165, 1.54) is 12.8 Å². The highest BCUT2D eigenvalue weighted by atomic mass is 16.5. The molecule has 1 aliphatic carbocycles. The second-order valence-corrected chi connectivity index (χ2v) is 5.47. The quantitative estimate of drug-likeness (QED) is 0.808. The summed E-state index contributed by atoms with van der Waals surface area (Å²) in [6.07, 6.45) is 5.82. The fraction of sp³-hybridized carbons (Fsp3) is 0.923. The van der Waals surface area contributed by atoms with Crippen LogP contribution in [0.15, 0.2) is 0 Å². The maximum absolute atomic E-state index is 12.3.